The lowest BCUT2D eigenvalue weighted by Crippen LogP contribution is -2.38. The van der Waals surface area contributed by atoms with Crippen LogP contribution in [-0.2, 0) is 11.3 Å². The molecule has 1 aromatic carbocycles. The van der Waals surface area contributed by atoms with Crippen molar-refractivity contribution < 1.29 is 14.6 Å². The third-order valence-electron chi connectivity index (χ3n) is 4.48. The van der Waals surface area contributed by atoms with E-state index in [-0.39, 0.29) is 24.5 Å². The van der Waals surface area contributed by atoms with Gasteiger partial charge in [-0.05, 0) is 25.3 Å². The average molecular weight is 291 g/mol. The van der Waals surface area contributed by atoms with Gasteiger partial charge in [-0.3, -0.25) is 4.79 Å². The number of ether oxygens (including phenoxy) is 1. The van der Waals surface area contributed by atoms with Crippen LogP contribution in [-0.4, -0.2) is 24.2 Å². The van der Waals surface area contributed by atoms with Crippen LogP contribution in [0.25, 0.3) is 0 Å². The Kier molecular flexibility index (Phi) is 5.62. The summed E-state index contributed by atoms with van der Waals surface area (Å²) in [6.07, 6.45) is 5.20. The number of carbonyl (C=O) groups excluding carboxylic acids is 1. The van der Waals surface area contributed by atoms with Gasteiger partial charge in [0.1, 0.15) is 12.4 Å². The summed E-state index contributed by atoms with van der Waals surface area (Å²) in [4.78, 5) is 12.5. The highest BCUT2D eigenvalue weighted by atomic mass is 16.5. The Morgan fingerprint density at radius 3 is 2.71 bits per heavy atom. The van der Waals surface area contributed by atoms with Crippen molar-refractivity contribution in [2.75, 3.05) is 13.2 Å². The number of aliphatic hydroxyl groups excluding tert-OH is 1. The first-order valence-corrected chi connectivity index (χ1v) is 7.82. The second-order valence-corrected chi connectivity index (χ2v) is 5.70. The highest BCUT2D eigenvalue weighted by Crippen LogP contribution is 2.41. The van der Waals surface area contributed by atoms with Gasteiger partial charge in [-0.2, -0.15) is 0 Å². The van der Waals surface area contributed by atoms with Gasteiger partial charge >= 0.3 is 0 Å². The fourth-order valence-electron chi connectivity index (χ4n) is 3.10. The lowest BCUT2D eigenvalue weighted by atomic mass is 9.82. The smallest absolute Gasteiger partial charge is 0.226 e. The molecular weight excluding hydrogens is 266 g/mol. The predicted molar refractivity (Wildman–Crippen MR) is 82.1 cm³/mol. The Hall–Kier alpha value is -1.55. The van der Waals surface area contributed by atoms with E-state index in [4.69, 9.17) is 9.84 Å². The molecule has 2 N–H and O–H groups in total. The molecule has 0 bridgehead atoms. The van der Waals surface area contributed by atoms with Gasteiger partial charge < -0.3 is 15.2 Å². The van der Waals surface area contributed by atoms with E-state index < -0.39 is 0 Å². The first-order valence-electron chi connectivity index (χ1n) is 7.82. The summed E-state index contributed by atoms with van der Waals surface area (Å²) in [5, 5.41) is 11.9. The second-order valence-electron chi connectivity index (χ2n) is 5.70. The molecule has 2 rings (SSSR count). The molecule has 1 aliphatic carbocycles. The second kappa shape index (κ2) is 7.46. The zero-order valence-electron chi connectivity index (χ0n) is 12.7. The van der Waals surface area contributed by atoms with Crippen molar-refractivity contribution in [3.8, 4) is 5.75 Å². The first kappa shape index (κ1) is 15.8. The van der Waals surface area contributed by atoms with Crippen molar-refractivity contribution in [2.45, 2.75) is 45.6 Å². The molecule has 0 radical (unpaired) electrons. The molecule has 21 heavy (non-hydrogen) atoms. The number of hydrogen-bond acceptors (Lipinski definition) is 3. The monoisotopic (exact) mass is 291 g/mol. The van der Waals surface area contributed by atoms with Crippen LogP contribution in [0.1, 0.15) is 44.6 Å². The molecule has 1 fully saturated rings. The van der Waals surface area contributed by atoms with Crippen LogP contribution < -0.4 is 10.1 Å². The summed E-state index contributed by atoms with van der Waals surface area (Å²) in [6, 6.07) is 7.63. The standard InChI is InChI=1S/C17H25NO3/c1-2-17(9-5-6-10-17)16(20)18-13-14-7-3-4-8-15(14)21-12-11-19/h3-4,7-8,19H,2,5-6,9-13H2,1H3,(H,18,20). The fourth-order valence-corrected chi connectivity index (χ4v) is 3.10. The Balaban J connectivity index is 1.97. The van der Waals surface area contributed by atoms with E-state index in [1.807, 2.05) is 24.3 Å². The third-order valence-corrected chi connectivity index (χ3v) is 4.48. The molecule has 0 saturated heterocycles. The lowest BCUT2D eigenvalue weighted by Gasteiger charge is -2.26. The Labute approximate surface area is 126 Å². The van der Waals surface area contributed by atoms with Gasteiger partial charge in [-0.1, -0.05) is 38.0 Å². The van der Waals surface area contributed by atoms with Crippen molar-refractivity contribution >= 4 is 5.91 Å². The van der Waals surface area contributed by atoms with E-state index in [1.54, 1.807) is 0 Å². The van der Waals surface area contributed by atoms with Gasteiger partial charge in [0, 0.05) is 17.5 Å². The maximum absolute atomic E-state index is 12.5. The highest BCUT2D eigenvalue weighted by molar-refractivity contribution is 5.82. The van der Waals surface area contributed by atoms with E-state index in [1.165, 1.54) is 0 Å². The van der Waals surface area contributed by atoms with E-state index in [0.29, 0.717) is 6.54 Å². The molecule has 4 nitrogen and oxygen atoms in total. The maximum Gasteiger partial charge on any atom is 0.226 e. The number of aliphatic hydroxyl groups is 1. The topological polar surface area (TPSA) is 58.6 Å². The normalized spacial score (nSPS) is 16.7. The van der Waals surface area contributed by atoms with Crippen LogP contribution in [0.4, 0.5) is 0 Å². The molecule has 0 unspecified atom stereocenters. The number of nitrogens with one attached hydrogen (secondary N) is 1. The summed E-state index contributed by atoms with van der Waals surface area (Å²) in [5.74, 6) is 0.892. The van der Waals surface area contributed by atoms with Crippen LogP contribution in [0.2, 0.25) is 0 Å². The molecule has 0 spiro atoms. The maximum atomic E-state index is 12.5. The van der Waals surface area contributed by atoms with Crippen LogP contribution in [0.15, 0.2) is 24.3 Å². The summed E-state index contributed by atoms with van der Waals surface area (Å²) in [5.41, 5.74) is 0.782. The molecule has 0 aromatic heterocycles. The van der Waals surface area contributed by atoms with Crippen molar-refractivity contribution in [2.24, 2.45) is 5.41 Å². The summed E-state index contributed by atoms with van der Waals surface area (Å²) >= 11 is 0. The van der Waals surface area contributed by atoms with Gasteiger partial charge in [0.15, 0.2) is 0 Å². The Morgan fingerprint density at radius 2 is 2.05 bits per heavy atom. The van der Waals surface area contributed by atoms with Crippen molar-refractivity contribution in [1.29, 1.82) is 0 Å². The minimum Gasteiger partial charge on any atom is -0.491 e. The molecule has 1 aromatic rings. The SMILES string of the molecule is CCC1(C(=O)NCc2ccccc2OCCO)CCCC1. The van der Waals surface area contributed by atoms with E-state index >= 15 is 0 Å². The molecule has 1 aliphatic rings. The quantitative estimate of drug-likeness (QED) is 0.812. The number of benzene rings is 1. The van der Waals surface area contributed by atoms with Gasteiger partial charge in [-0.15, -0.1) is 0 Å². The van der Waals surface area contributed by atoms with Gasteiger partial charge in [0.05, 0.1) is 6.61 Å². The van der Waals surface area contributed by atoms with Gasteiger partial charge in [-0.25, -0.2) is 0 Å². The minimum absolute atomic E-state index is 0.0142. The molecule has 1 saturated carbocycles. The fraction of sp³-hybridized carbons (Fsp3) is 0.588. The number of carbonyl (C=O) groups is 1. The number of hydrogen-bond donors (Lipinski definition) is 2. The number of para-hydroxylation sites is 1. The Bertz CT molecular complexity index is 467. The molecule has 0 heterocycles. The van der Waals surface area contributed by atoms with Crippen molar-refractivity contribution in [1.82, 2.24) is 5.32 Å². The minimum atomic E-state index is -0.166. The van der Waals surface area contributed by atoms with Crippen LogP contribution in [0.5, 0.6) is 5.75 Å². The third kappa shape index (κ3) is 3.76. The summed E-state index contributed by atoms with van der Waals surface area (Å²) in [7, 11) is 0. The number of rotatable bonds is 7. The molecule has 1 amide bonds. The predicted octanol–water partition coefficient (Wildman–Crippen LogP) is 2.64. The summed E-state index contributed by atoms with van der Waals surface area (Å²) in [6.45, 7) is 2.83. The van der Waals surface area contributed by atoms with Gasteiger partial charge in [0.25, 0.3) is 0 Å². The molecule has 4 heteroatoms. The van der Waals surface area contributed by atoms with Crippen molar-refractivity contribution in [3.63, 3.8) is 0 Å². The highest BCUT2D eigenvalue weighted by Gasteiger charge is 2.38. The lowest BCUT2D eigenvalue weighted by molar-refractivity contribution is -0.131. The van der Waals surface area contributed by atoms with E-state index in [9.17, 15) is 4.79 Å². The van der Waals surface area contributed by atoms with Crippen molar-refractivity contribution in [3.05, 3.63) is 29.8 Å². The average Bonchev–Trinajstić information content (AvgIpc) is 3.01. The first-order chi connectivity index (χ1) is 10.2. The van der Waals surface area contributed by atoms with Crippen LogP contribution >= 0.6 is 0 Å². The molecular formula is C17H25NO3. The van der Waals surface area contributed by atoms with Crippen LogP contribution in [0, 0.1) is 5.41 Å². The largest absolute Gasteiger partial charge is 0.491 e. The van der Waals surface area contributed by atoms with E-state index in [0.717, 1.165) is 43.4 Å². The zero-order chi connectivity index (χ0) is 15.1. The molecule has 0 aliphatic heterocycles. The molecule has 0 atom stereocenters. The van der Waals surface area contributed by atoms with Gasteiger partial charge in [0.2, 0.25) is 5.91 Å². The Morgan fingerprint density at radius 1 is 1.33 bits per heavy atom. The van der Waals surface area contributed by atoms with Crippen LogP contribution in [0.3, 0.4) is 0 Å². The van der Waals surface area contributed by atoms with E-state index in [2.05, 4.69) is 12.2 Å². The molecule has 116 valence electrons. The number of amides is 1. The summed E-state index contributed by atoms with van der Waals surface area (Å²) < 4.78 is 5.49. The zero-order valence-corrected chi connectivity index (χ0v) is 12.7.